The Hall–Kier alpha value is -1.58. The first-order chi connectivity index (χ1) is 7.88. The number of hydrogen-bond acceptors (Lipinski definition) is 3. The second-order valence-corrected chi connectivity index (χ2v) is 4.97. The highest BCUT2D eigenvalue weighted by atomic mass is 16.6. The lowest BCUT2D eigenvalue weighted by molar-refractivity contribution is 0.0300. The highest BCUT2D eigenvalue weighted by Crippen LogP contribution is 2.09. The zero-order valence-corrected chi connectivity index (χ0v) is 10.9. The van der Waals surface area contributed by atoms with E-state index < -0.39 is 5.60 Å². The molecule has 1 rings (SSSR count). The molecule has 1 heterocycles. The molecule has 0 spiro atoms. The normalized spacial score (nSPS) is 11.1. The van der Waals surface area contributed by atoms with Crippen molar-refractivity contribution in [1.29, 1.82) is 0 Å². The van der Waals surface area contributed by atoms with Gasteiger partial charge in [-0.05, 0) is 32.9 Å². The van der Waals surface area contributed by atoms with Gasteiger partial charge in [-0.25, -0.2) is 4.79 Å². The molecule has 0 aliphatic heterocycles. The summed E-state index contributed by atoms with van der Waals surface area (Å²) < 4.78 is 5.25. The number of rotatable bonds is 3. The van der Waals surface area contributed by atoms with E-state index in [9.17, 15) is 4.79 Å². The van der Waals surface area contributed by atoms with Crippen molar-refractivity contribution in [3.63, 3.8) is 0 Å². The first-order valence-electron chi connectivity index (χ1n) is 5.72. The average Bonchev–Trinajstić information content (AvgIpc) is 2.25. The molecule has 4 nitrogen and oxygen atoms in total. The minimum Gasteiger partial charge on any atom is -0.444 e. The topological polar surface area (TPSA) is 42.4 Å². The van der Waals surface area contributed by atoms with Crippen molar-refractivity contribution in [2.45, 2.75) is 32.8 Å². The van der Waals surface area contributed by atoms with Crippen LogP contribution in [0.1, 0.15) is 26.5 Å². The molecule has 94 valence electrons. The molecule has 17 heavy (non-hydrogen) atoms. The second kappa shape index (κ2) is 5.66. The lowest BCUT2D eigenvalue weighted by Gasteiger charge is -2.24. The summed E-state index contributed by atoms with van der Waals surface area (Å²) in [5.41, 5.74) is 0.527. The van der Waals surface area contributed by atoms with Crippen LogP contribution in [-0.2, 0) is 11.2 Å². The molecule has 0 aromatic carbocycles. The van der Waals surface area contributed by atoms with Crippen LogP contribution in [0, 0.1) is 0 Å². The Bertz CT molecular complexity index is 357. The fraction of sp³-hybridized carbons (Fsp3) is 0.538. The third-order valence-corrected chi connectivity index (χ3v) is 2.13. The van der Waals surface area contributed by atoms with E-state index in [4.69, 9.17) is 4.74 Å². The molecular formula is C13H20N2O2. The Kier molecular flexibility index (Phi) is 4.49. The highest BCUT2D eigenvalue weighted by Gasteiger charge is 2.19. The van der Waals surface area contributed by atoms with Crippen molar-refractivity contribution >= 4 is 6.09 Å². The Morgan fingerprint density at radius 2 is 2.12 bits per heavy atom. The molecule has 1 aromatic heterocycles. The fourth-order valence-electron chi connectivity index (χ4n) is 1.26. The third kappa shape index (κ3) is 5.33. The summed E-state index contributed by atoms with van der Waals surface area (Å²) >= 11 is 0. The van der Waals surface area contributed by atoms with Gasteiger partial charge >= 0.3 is 6.09 Å². The number of ether oxygens (including phenoxy) is 1. The largest absolute Gasteiger partial charge is 0.444 e. The predicted octanol–water partition coefficient (Wildman–Crippen LogP) is 2.49. The number of carbonyl (C=O) groups excluding carboxylic acids is 1. The summed E-state index contributed by atoms with van der Waals surface area (Å²) in [7, 11) is 1.73. The van der Waals surface area contributed by atoms with Gasteiger partial charge < -0.3 is 9.64 Å². The van der Waals surface area contributed by atoms with Crippen LogP contribution in [0.5, 0.6) is 0 Å². The minimum atomic E-state index is -0.448. The third-order valence-electron chi connectivity index (χ3n) is 2.13. The molecule has 0 fully saturated rings. The molecule has 1 amide bonds. The fourth-order valence-corrected chi connectivity index (χ4v) is 1.26. The quantitative estimate of drug-likeness (QED) is 0.809. The molecule has 0 aliphatic carbocycles. The molecule has 0 atom stereocenters. The molecule has 0 saturated carbocycles. The molecule has 4 heteroatoms. The van der Waals surface area contributed by atoms with Gasteiger partial charge in [0, 0.05) is 31.9 Å². The van der Waals surface area contributed by atoms with Crippen LogP contribution in [0.15, 0.2) is 24.4 Å². The SMILES string of the molecule is CN(CCc1ccccn1)C(=O)OC(C)(C)C. The van der Waals surface area contributed by atoms with E-state index in [0.717, 1.165) is 12.1 Å². The summed E-state index contributed by atoms with van der Waals surface area (Å²) in [5, 5.41) is 0. The molecule has 0 unspecified atom stereocenters. The maximum Gasteiger partial charge on any atom is 0.410 e. The van der Waals surface area contributed by atoms with Crippen LogP contribution in [0.25, 0.3) is 0 Å². The van der Waals surface area contributed by atoms with E-state index >= 15 is 0 Å². The van der Waals surface area contributed by atoms with Gasteiger partial charge in [-0.3, -0.25) is 4.98 Å². The maximum atomic E-state index is 11.7. The van der Waals surface area contributed by atoms with Crippen LogP contribution in [0.2, 0.25) is 0 Å². The Morgan fingerprint density at radius 3 is 2.65 bits per heavy atom. The monoisotopic (exact) mass is 236 g/mol. The van der Waals surface area contributed by atoms with Crippen LogP contribution < -0.4 is 0 Å². The van der Waals surface area contributed by atoms with Gasteiger partial charge in [0.15, 0.2) is 0 Å². The van der Waals surface area contributed by atoms with Crippen molar-refractivity contribution in [1.82, 2.24) is 9.88 Å². The van der Waals surface area contributed by atoms with E-state index in [1.807, 2.05) is 39.0 Å². The standard InChI is InChI=1S/C13H20N2O2/c1-13(2,3)17-12(16)15(4)10-8-11-7-5-6-9-14-11/h5-7,9H,8,10H2,1-4H3. The first-order valence-corrected chi connectivity index (χ1v) is 5.72. The van der Waals surface area contributed by atoms with Gasteiger partial charge in [0.2, 0.25) is 0 Å². The van der Waals surface area contributed by atoms with E-state index in [2.05, 4.69) is 4.98 Å². The Balaban J connectivity index is 2.40. The minimum absolute atomic E-state index is 0.298. The molecule has 1 aromatic rings. The Morgan fingerprint density at radius 1 is 1.41 bits per heavy atom. The number of pyridine rings is 1. The molecule has 0 saturated heterocycles. The first kappa shape index (κ1) is 13.5. The number of aromatic nitrogens is 1. The summed E-state index contributed by atoms with van der Waals surface area (Å²) in [6.45, 7) is 6.18. The maximum absolute atomic E-state index is 11.7. The molecule has 0 bridgehead atoms. The van der Waals surface area contributed by atoms with Crippen molar-refractivity contribution in [3.8, 4) is 0 Å². The molecule has 0 radical (unpaired) electrons. The van der Waals surface area contributed by atoms with E-state index in [-0.39, 0.29) is 6.09 Å². The number of likely N-dealkylation sites (N-methyl/N-ethyl adjacent to an activating group) is 1. The summed E-state index contributed by atoms with van der Waals surface area (Å²) in [6, 6.07) is 5.76. The number of carbonyl (C=O) groups is 1. The lowest BCUT2D eigenvalue weighted by atomic mass is 10.2. The average molecular weight is 236 g/mol. The Labute approximate surface area is 103 Å². The number of nitrogens with zero attached hydrogens (tertiary/aromatic N) is 2. The molecular weight excluding hydrogens is 216 g/mol. The zero-order valence-electron chi connectivity index (χ0n) is 10.9. The van der Waals surface area contributed by atoms with Crippen LogP contribution in [0.4, 0.5) is 4.79 Å². The summed E-state index contributed by atoms with van der Waals surface area (Å²) in [4.78, 5) is 17.4. The van der Waals surface area contributed by atoms with Crippen LogP contribution in [-0.4, -0.2) is 35.2 Å². The van der Waals surface area contributed by atoms with E-state index in [1.54, 1.807) is 18.1 Å². The zero-order chi connectivity index (χ0) is 12.9. The summed E-state index contributed by atoms with van der Waals surface area (Å²) in [6.07, 6.45) is 2.19. The van der Waals surface area contributed by atoms with Gasteiger partial charge in [0.1, 0.15) is 5.60 Å². The molecule has 0 aliphatic rings. The second-order valence-electron chi connectivity index (χ2n) is 4.97. The predicted molar refractivity (Wildman–Crippen MR) is 66.8 cm³/mol. The summed E-state index contributed by atoms with van der Waals surface area (Å²) in [5.74, 6) is 0. The van der Waals surface area contributed by atoms with Gasteiger partial charge in [-0.2, -0.15) is 0 Å². The smallest absolute Gasteiger partial charge is 0.410 e. The van der Waals surface area contributed by atoms with Crippen molar-refractivity contribution in [2.75, 3.05) is 13.6 Å². The molecule has 0 N–H and O–H groups in total. The van der Waals surface area contributed by atoms with Crippen molar-refractivity contribution in [2.24, 2.45) is 0 Å². The number of amides is 1. The highest BCUT2D eigenvalue weighted by molar-refractivity contribution is 5.67. The van der Waals surface area contributed by atoms with Crippen LogP contribution >= 0.6 is 0 Å². The van der Waals surface area contributed by atoms with E-state index in [0.29, 0.717) is 6.54 Å². The lowest BCUT2D eigenvalue weighted by Crippen LogP contribution is -2.35. The van der Waals surface area contributed by atoms with Crippen molar-refractivity contribution < 1.29 is 9.53 Å². The van der Waals surface area contributed by atoms with Crippen molar-refractivity contribution in [3.05, 3.63) is 30.1 Å². The van der Waals surface area contributed by atoms with Gasteiger partial charge in [-0.1, -0.05) is 6.07 Å². The number of hydrogen-bond donors (Lipinski definition) is 0. The van der Waals surface area contributed by atoms with Gasteiger partial charge in [0.05, 0.1) is 0 Å². The van der Waals surface area contributed by atoms with Crippen LogP contribution in [0.3, 0.4) is 0 Å². The van der Waals surface area contributed by atoms with E-state index in [1.165, 1.54) is 0 Å². The van der Waals surface area contributed by atoms with Gasteiger partial charge in [0.25, 0.3) is 0 Å². The van der Waals surface area contributed by atoms with Gasteiger partial charge in [-0.15, -0.1) is 0 Å².